The molecule has 0 amide bonds. The van der Waals surface area contributed by atoms with Crippen molar-refractivity contribution in [2.75, 3.05) is 13.7 Å². The van der Waals surface area contributed by atoms with Crippen molar-refractivity contribution in [1.29, 1.82) is 0 Å². The van der Waals surface area contributed by atoms with Gasteiger partial charge in [0, 0.05) is 17.1 Å². The molecule has 2 aliphatic rings. The molecule has 1 aromatic rings. The summed E-state index contributed by atoms with van der Waals surface area (Å²) in [6.07, 6.45) is 7.60. The van der Waals surface area contributed by atoms with Gasteiger partial charge < -0.3 is 10.1 Å². The van der Waals surface area contributed by atoms with E-state index in [1.165, 1.54) is 44.1 Å². The molecule has 1 heterocycles. The summed E-state index contributed by atoms with van der Waals surface area (Å²) < 4.78 is 7.32. The van der Waals surface area contributed by atoms with Crippen LogP contribution in [0.25, 0.3) is 0 Å². The predicted octanol–water partition coefficient (Wildman–Crippen LogP) is 4.45. The summed E-state index contributed by atoms with van der Waals surface area (Å²) in [4.78, 5) is 0. The number of rotatable bonds is 3. The summed E-state index contributed by atoms with van der Waals surface area (Å²) in [6.45, 7) is 0.930. The van der Waals surface area contributed by atoms with Crippen LogP contribution in [0.3, 0.4) is 0 Å². The largest absolute Gasteiger partial charge is 0.375 e. The van der Waals surface area contributed by atoms with Crippen molar-refractivity contribution in [3.63, 3.8) is 0 Å². The third-order valence-corrected chi connectivity index (χ3v) is 5.59. The SMILES string of the molecule is CNC(c1ccc(Br)cc1)C1CCOC2(CCCC2)C1. The van der Waals surface area contributed by atoms with Crippen LogP contribution in [0.4, 0.5) is 0 Å². The molecule has 2 atom stereocenters. The normalized spacial score (nSPS) is 26.8. The Hall–Kier alpha value is -0.380. The Kier molecular flexibility index (Phi) is 4.49. The van der Waals surface area contributed by atoms with E-state index in [0.29, 0.717) is 12.0 Å². The highest BCUT2D eigenvalue weighted by molar-refractivity contribution is 9.10. The first-order valence-electron chi connectivity index (χ1n) is 7.79. The van der Waals surface area contributed by atoms with Gasteiger partial charge in [0.2, 0.25) is 0 Å². The van der Waals surface area contributed by atoms with Crippen LogP contribution in [0.15, 0.2) is 28.7 Å². The molecule has 110 valence electrons. The minimum atomic E-state index is 0.202. The molecule has 1 aromatic carbocycles. The minimum absolute atomic E-state index is 0.202. The highest BCUT2D eigenvalue weighted by Gasteiger charge is 2.41. The molecule has 0 aromatic heterocycles. The lowest BCUT2D eigenvalue weighted by molar-refractivity contribution is -0.0978. The number of nitrogens with one attached hydrogen (secondary N) is 1. The fraction of sp³-hybridized carbons (Fsp3) is 0.647. The van der Waals surface area contributed by atoms with Crippen LogP contribution in [0, 0.1) is 5.92 Å². The molecule has 1 saturated heterocycles. The van der Waals surface area contributed by atoms with E-state index in [9.17, 15) is 0 Å². The second-order valence-electron chi connectivity index (χ2n) is 6.31. The summed E-state index contributed by atoms with van der Waals surface area (Å²) in [6, 6.07) is 9.21. The van der Waals surface area contributed by atoms with Crippen molar-refractivity contribution in [2.24, 2.45) is 5.92 Å². The van der Waals surface area contributed by atoms with Gasteiger partial charge in [0.15, 0.2) is 0 Å². The summed E-state index contributed by atoms with van der Waals surface area (Å²) in [5.41, 5.74) is 1.60. The van der Waals surface area contributed by atoms with Crippen LogP contribution in [-0.2, 0) is 4.74 Å². The smallest absolute Gasteiger partial charge is 0.0686 e. The van der Waals surface area contributed by atoms with Gasteiger partial charge in [-0.1, -0.05) is 40.9 Å². The molecule has 1 aliphatic heterocycles. The Morgan fingerprint density at radius 3 is 2.60 bits per heavy atom. The molecule has 1 N–H and O–H groups in total. The maximum atomic E-state index is 6.17. The number of hydrogen-bond donors (Lipinski definition) is 1. The average Bonchev–Trinajstić information content (AvgIpc) is 2.90. The first-order chi connectivity index (χ1) is 9.72. The monoisotopic (exact) mass is 337 g/mol. The molecule has 3 heteroatoms. The standard InChI is InChI=1S/C17H24BrNO/c1-19-16(13-4-6-15(18)7-5-13)14-8-11-20-17(12-14)9-2-3-10-17/h4-7,14,16,19H,2-3,8-12H2,1H3. The van der Waals surface area contributed by atoms with Crippen molar-refractivity contribution in [3.8, 4) is 0 Å². The zero-order valence-corrected chi connectivity index (χ0v) is 13.8. The Labute approximate surface area is 130 Å². The lowest BCUT2D eigenvalue weighted by Crippen LogP contribution is -2.41. The van der Waals surface area contributed by atoms with Crippen LogP contribution < -0.4 is 5.32 Å². The molecule has 1 spiro atoms. The summed E-state index contributed by atoms with van der Waals surface area (Å²) in [5.74, 6) is 0.688. The lowest BCUT2D eigenvalue weighted by Gasteiger charge is -2.41. The van der Waals surface area contributed by atoms with Crippen LogP contribution >= 0.6 is 15.9 Å². The van der Waals surface area contributed by atoms with Crippen LogP contribution in [0.1, 0.15) is 50.1 Å². The van der Waals surface area contributed by atoms with E-state index in [-0.39, 0.29) is 5.60 Å². The Balaban J connectivity index is 1.76. The third-order valence-electron chi connectivity index (χ3n) is 5.06. The van der Waals surface area contributed by atoms with Gasteiger partial charge in [-0.2, -0.15) is 0 Å². The first-order valence-corrected chi connectivity index (χ1v) is 8.58. The summed E-state index contributed by atoms with van der Waals surface area (Å²) in [5, 5.41) is 3.54. The van der Waals surface area contributed by atoms with Crippen LogP contribution in [0.2, 0.25) is 0 Å². The van der Waals surface area contributed by atoms with Crippen molar-refractivity contribution in [1.82, 2.24) is 5.32 Å². The van der Waals surface area contributed by atoms with E-state index >= 15 is 0 Å². The Bertz CT molecular complexity index is 439. The van der Waals surface area contributed by atoms with Gasteiger partial charge in [-0.3, -0.25) is 0 Å². The van der Waals surface area contributed by atoms with E-state index < -0.39 is 0 Å². The lowest BCUT2D eigenvalue weighted by atomic mass is 9.78. The van der Waals surface area contributed by atoms with Gasteiger partial charge in [0.1, 0.15) is 0 Å². The van der Waals surface area contributed by atoms with Crippen molar-refractivity contribution in [2.45, 2.75) is 50.2 Å². The van der Waals surface area contributed by atoms with Crippen molar-refractivity contribution >= 4 is 15.9 Å². The molecule has 3 rings (SSSR count). The minimum Gasteiger partial charge on any atom is -0.375 e. The maximum Gasteiger partial charge on any atom is 0.0686 e. The zero-order valence-electron chi connectivity index (χ0n) is 12.2. The summed E-state index contributed by atoms with van der Waals surface area (Å²) in [7, 11) is 2.09. The predicted molar refractivity (Wildman–Crippen MR) is 85.8 cm³/mol. The average molecular weight is 338 g/mol. The second kappa shape index (κ2) is 6.17. The van der Waals surface area contributed by atoms with E-state index in [1.54, 1.807) is 0 Å². The molecule has 2 fully saturated rings. The molecule has 2 nitrogen and oxygen atoms in total. The Morgan fingerprint density at radius 2 is 1.95 bits per heavy atom. The molecule has 1 saturated carbocycles. The van der Waals surface area contributed by atoms with Gasteiger partial charge in [0.05, 0.1) is 5.60 Å². The molecule has 1 aliphatic carbocycles. The number of ether oxygens (including phenoxy) is 1. The van der Waals surface area contributed by atoms with Gasteiger partial charge in [-0.05, 0) is 56.3 Å². The fourth-order valence-corrected chi connectivity index (χ4v) is 4.33. The second-order valence-corrected chi connectivity index (χ2v) is 7.23. The quantitative estimate of drug-likeness (QED) is 0.879. The van der Waals surface area contributed by atoms with Crippen LogP contribution in [0.5, 0.6) is 0 Å². The number of benzene rings is 1. The molecular formula is C17H24BrNO. The molecule has 20 heavy (non-hydrogen) atoms. The molecule has 2 unspecified atom stereocenters. The first kappa shape index (κ1) is 14.6. The van der Waals surface area contributed by atoms with Gasteiger partial charge in [-0.15, -0.1) is 0 Å². The van der Waals surface area contributed by atoms with Crippen molar-refractivity contribution < 1.29 is 4.74 Å². The number of halogens is 1. The topological polar surface area (TPSA) is 21.3 Å². The van der Waals surface area contributed by atoms with Crippen LogP contribution in [-0.4, -0.2) is 19.3 Å². The summed E-state index contributed by atoms with van der Waals surface area (Å²) >= 11 is 3.52. The molecular weight excluding hydrogens is 314 g/mol. The fourth-order valence-electron chi connectivity index (χ4n) is 4.06. The van der Waals surface area contributed by atoms with E-state index in [2.05, 4.69) is 52.6 Å². The highest BCUT2D eigenvalue weighted by atomic mass is 79.9. The van der Waals surface area contributed by atoms with E-state index in [0.717, 1.165) is 11.1 Å². The van der Waals surface area contributed by atoms with Gasteiger partial charge >= 0.3 is 0 Å². The van der Waals surface area contributed by atoms with Crippen molar-refractivity contribution in [3.05, 3.63) is 34.3 Å². The number of hydrogen-bond acceptors (Lipinski definition) is 2. The highest BCUT2D eigenvalue weighted by Crippen LogP contribution is 2.45. The molecule has 0 bridgehead atoms. The zero-order chi connectivity index (χ0) is 14.0. The Morgan fingerprint density at radius 1 is 1.25 bits per heavy atom. The maximum absolute atomic E-state index is 6.17. The third kappa shape index (κ3) is 2.95. The van der Waals surface area contributed by atoms with E-state index in [4.69, 9.17) is 4.74 Å². The van der Waals surface area contributed by atoms with E-state index in [1.807, 2.05) is 0 Å². The van der Waals surface area contributed by atoms with Gasteiger partial charge in [-0.25, -0.2) is 0 Å². The molecule has 0 radical (unpaired) electrons. The van der Waals surface area contributed by atoms with Gasteiger partial charge in [0.25, 0.3) is 0 Å².